The molecular weight excluding hydrogens is 276 g/mol. The molecule has 98 valence electrons. The second-order valence-electron chi connectivity index (χ2n) is 3.13. The Morgan fingerprint density at radius 3 is 0.647 bits per heavy atom. The first kappa shape index (κ1) is 16.8. The van der Waals surface area contributed by atoms with Gasteiger partial charge in [0.25, 0.3) is 0 Å². The van der Waals surface area contributed by atoms with Crippen molar-refractivity contribution in [1.82, 2.24) is 0 Å². The van der Waals surface area contributed by atoms with Crippen LogP contribution in [0.5, 0.6) is 0 Å². The summed E-state index contributed by atoms with van der Waals surface area (Å²) in [5.74, 6) is 0. The van der Waals surface area contributed by atoms with Crippen molar-refractivity contribution in [2.24, 2.45) is 5.41 Å². The molecule has 17 heavy (non-hydrogen) atoms. The first-order valence-electron chi connectivity index (χ1n) is 3.58. The third-order valence-corrected chi connectivity index (χ3v) is 1.93. The minimum absolute atomic E-state index is 1.08. The van der Waals surface area contributed by atoms with Gasteiger partial charge in [-0.25, -0.2) is 0 Å². The van der Waals surface area contributed by atoms with Crippen LogP contribution in [-0.4, -0.2) is 40.8 Å². The molecule has 0 atom stereocenters. The monoisotopic (exact) mass is 276 g/mol. The molecule has 0 aliphatic rings. The van der Waals surface area contributed by atoms with Gasteiger partial charge in [-0.3, -0.25) is 0 Å². The zero-order chi connectivity index (χ0) is 14.5. The summed E-state index contributed by atoms with van der Waals surface area (Å²) in [5, 5.41) is 0. The van der Waals surface area contributed by atoms with E-state index in [0.29, 0.717) is 0 Å². The molecular formula is C5F11Li. The van der Waals surface area contributed by atoms with Gasteiger partial charge in [-0.1, -0.05) is 0 Å². The average Bonchev–Trinajstić information content (AvgIpc) is 1.67. The van der Waals surface area contributed by atoms with Crippen molar-refractivity contribution in [2.75, 3.05) is 0 Å². The van der Waals surface area contributed by atoms with Crippen molar-refractivity contribution in [3.8, 4) is 0 Å². The van der Waals surface area contributed by atoms with E-state index in [1.54, 1.807) is 0 Å². The molecule has 0 aromatic carbocycles. The van der Waals surface area contributed by atoms with Gasteiger partial charge in [-0.15, -0.1) is 0 Å². The van der Waals surface area contributed by atoms with Gasteiger partial charge in [0.2, 0.25) is 0 Å². The summed E-state index contributed by atoms with van der Waals surface area (Å²) < 4.78 is 126. The molecule has 12 heteroatoms. The van der Waals surface area contributed by atoms with E-state index in [1.165, 1.54) is 0 Å². The summed E-state index contributed by atoms with van der Waals surface area (Å²) in [5.41, 5.74) is -7.08. The molecule has 0 bridgehead atoms. The number of rotatable bonds is 1. The standard InChI is InChI=1S/C5F11.Li/c6-1(7)2(3(8,9)10,4(11,12)13)5(14,15)16;. The predicted octanol–water partition coefficient (Wildman–Crippen LogP) is 3.42. The summed E-state index contributed by atoms with van der Waals surface area (Å²) in [6.45, 7) is 0. The Bertz CT molecular complexity index is 213. The number of hydrogen-bond acceptors (Lipinski definition) is 0. The third kappa shape index (κ3) is 2.36. The molecule has 0 nitrogen and oxygen atoms in total. The Hall–Kier alpha value is -0.173. The number of alkyl halides is 11. The quantitative estimate of drug-likeness (QED) is 0.508. The van der Waals surface area contributed by atoms with E-state index in [1.807, 2.05) is 0 Å². The van der Waals surface area contributed by atoms with Gasteiger partial charge >= 0.3 is 94.5 Å². The molecule has 0 saturated carbocycles. The Labute approximate surface area is 95.3 Å². The Kier molecular flexibility index (Phi) is 3.87. The van der Waals surface area contributed by atoms with Crippen LogP contribution in [0, 0.1) is 5.41 Å². The van der Waals surface area contributed by atoms with Crippen molar-refractivity contribution in [2.45, 2.75) is 23.1 Å². The zero-order valence-electron chi connectivity index (χ0n) is 7.66. The van der Waals surface area contributed by atoms with Gasteiger partial charge in [-0.2, -0.15) is 0 Å². The second kappa shape index (κ2) is 3.91. The first-order valence-corrected chi connectivity index (χ1v) is 3.58. The third-order valence-electron chi connectivity index (χ3n) is 1.93. The van der Waals surface area contributed by atoms with E-state index in [-0.39, 0.29) is 0 Å². The normalized spacial score (nSPS) is 16.3. The van der Waals surface area contributed by atoms with E-state index in [0.717, 1.165) is 0 Å². The summed E-state index contributed by atoms with van der Waals surface area (Å²) in [6, 6.07) is 0. The maximum absolute atomic E-state index is 12.4. The molecule has 0 amide bonds. The Morgan fingerprint density at radius 2 is 0.647 bits per heavy atom. The summed E-state index contributed by atoms with van der Waals surface area (Å²) in [4.78, 5) is 0. The van der Waals surface area contributed by atoms with Crippen LogP contribution in [0.25, 0.3) is 0 Å². The van der Waals surface area contributed by atoms with Crippen LogP contribution in [0.1, 0.15) is 0 Å². The SMILES string of the molecule is [Li][C](F)(F)C(C(F)(F)F)(C(F)(F)F)C(F)(F)F. The molecule has 0 saturated heterocycles. The Morgan fingerprint density at radius 1 is 0.471 bits per heavy atom. The van der Waals surface area contributed by atoms with Gasteiger partial charge in [0.05, 0.1) is 0 Å². The van der Waals surface area contributed by atoms with Crippen molar-refractivity contribution in [3.05, 3.63) is 0 Å². The fourth-order valence-electron chi connectivity index (χ4n) is 1.23. The van der Waals surface area contributed by atoms with Gasteiger partial charge in [0.1, 0.15) is 0 Å². The minimum atomic E-state index is -7.23. The van der Waals surface area contributed by atoms with Crippen molar-refractivity contribution < 1.29 is 48.3 Å². The molecule has 0 aromatic rings. The van der Waals surface area contributed by atoms with Crippen LogP contribution in [0.15, 0.2) is 0 Å². The maximum atomic E-state index is 12.4. The first-order chi connectivity index (χ1) is 7.00. The van der Waals surface area contributed by atoms with Crippen LogP contribution in [0.2, 0.25) is 0 Å². The predicted molar refractivity (Wildman–Crippen MR) is 31.3 cm³/mol. The van der Waals surface area contributed by atoms with Crippen molar-refractivity contribution in [3.63, 3.8) is 0 Å². The molecule has 0 aliphatic heterocycles. The summed E-state index contributed by atoms with van der Waals surface area (Å²) >= 11 is -1.08. The van der Waals surface area contributed by atoms with Gasteiger partial charge in [0, 0.05) is 0 Å². The number of halogens is 11. The summed E-state index contributed by atoms with van der Waals surface area (Å²) in [7, 11) is 0. The van der Waals surface area contributed by atoms with Crippen LogP contribution in [0.4, 0.5) is 48.3 Å². The molecule has 0 fully saturated rings. The van der Waals surface area contributed by atoms with Gasteiger partial charge in [-0.05, 0) is 0 Å². The molecule has 0 spiro atoms. The van der Waals surface area contributed by atoms with E-state index in [4.69, 9.17) is 0 Å². The van der Waals surface area contributed by atoms with Gasteiger partial charge < -0.3 is 0 Å². The van der Waals surface area contributed by atoms with Crippen LogP contribution < -0.4 is 0 Å². The van der Waals surface area contributed by atoms with Crippen LogP contribution >= 0.6 is 0 Å². The zero-order valence-corrected chi connectivity index (χ0v) is 7.66. The fraction of sp³-hybridized carbons (Fsp3) is 1.00. The van der Waals surface area contributed by atoms with Crippen molar-refractivity contribution in [1.29, 1.82) is 0 Å². The molecule has 0 rings (SSSR count). The molecule has 0 N–H and O–H groups in total. The van der Waals surface area contributed by atoms with E-state index in [9.17, 15) is 48.3 Å². The van der Waals surface area contributed by atoms with E-state index < -0.39 is 46.3 Å². The number of hydrogen-bond donors (Lipinski definition) is 0. The molecule has 0 aromatic heterocycles. The average molecular weight is 276 g/mol. The molecule has 0 heterocycles. The Balaban J connectivity index is 6.37. The van der Waals surface area contributed by atoms with Crippen LogP contribution in [0.3, 0.4) is 0 Å². The molecule has 0 aliphatic carbocycles. The molecule has 0 unspecified atom stereocenters. The fourth-order valence-corrected chi connectivity index (χ4v) is 1.23. The van der Waals surface area contributed by atoms with Crippen LogP contribution in [-0.2, 0) is 0 Å². The second-order valence-corrected chi connectivity index (χ2v) is 3.13. The molecule has 0 radical (unpaired) electrons. The van der Waals surface area contributed by atoms with Gasteiger partial charge in [0.15, 0.2) is 0 Å². The topological polar surface area (TPSA) is 0 Å². The summed E-state index contributed by atoms with van der Waals surface area (Å²) in [6.07, 6.45) is -21.7. The van der Waals surface area contributed by atoms with E-state index >= 15 is 0 Å². The van der Waals surface area contributed by atoms with E-state index in [2.05, 4.69) is 0 Å². The van der Waals surface area contributed by atoms with Crippen molar-refractivity contribution >= 4 is 17.7 Å².